The molecule has 0 aliphatic carbocycles. The summed E-state index contributed by atoms with van der Waals surface area (Å²) in [6, 6.07) is 5.24. The summed E-state index contributed by atoms with van der Waals surface area (Å²) in [5, 5.41) is 14.2. The van der Waals surface area contributed by atoms with Crippen LogP contribution in [0.2, 0.25) is 0 Å². The Morgan fingerprint density at radius 1 is 1.33 bits per heavy atom. The first-order chi connectivity index (χ1) is 10.1. The second-order valence-corrected chi connectivity index (χ2v) is 5.08. The fraction of sp³-hybridized carbons (Fsp3) is 0.400. The molecule has 2 aromatic rings. The van der Waals surface area contributed by atoms with Gasteiger partial charge in [-0.2, -0.15) is 0 Å². The number of unbranched alkanes of at least 4 members (excludes halogenated alkanes) is 1. The van der Waals surface area contributed by atoms with Crippen LogP contribution in [0.5, 0.6) is 0 Å². The molecule has 0 radical (unpaired) electrons. The van der Waals surface area contributed by atoms with Crippen LogP contribution in [0.15, 0.2) is 30.6 Å². The summed E-state index contributed by atoms with van der Waals surface area (Å²) in [7, 11) is 0. The number of anilines is 1. The maximum Gasteiger partial charge on any atom is 0.292 e. The quantitative estimate of drug-likeness (QED) is 0.482. The lowest BCUT2D eigenvalue weighted by Crippen LogP contribution is -2.06. The van der Waals surface area contributed by atoms with Crippen molar-refractivity contribution < 1.29 is 4.92 Å². The lowest BCUT2D eigenvalue weighted by atomic mass is 10.2. The Balaban J connectivity index is 1.81. The fourth-order valence-electron chi connectivity index (χ4n) is 2.21. The molecule has 0 atom stereocenters. The summed E-state index contributed by atoms with van der Waals surface area (Å²) in [5.41, 5.74) is 1.62. The van der Waals surface area contributed by atoms with Crippen molar-refractivity contribution in [2.75, 3.05) is 11.9 Å². The second-order valence-electron chi connectivity index (χ2n) is 5.08. The van der Waals surface area contributed by atoms with E-state index in [0.29, 0.717) is 5.69 Å². The Morgan fingerprint density at radius 3 is 2.81 bits per heavy atom. The largest absolute Gasteiger partial charge is 0.379 e. The third kappa shape index (κ3) is 4.05. The van der Waals surface area contributed by atoms with Gasteiger partial charge in [-0.3, -0.25) is 10.1 Å². The van der Waals surface area contributed by atoms with Crippen molar-refractivity contribution in [3.63, 3.8) is 0 Å². The van der Waals surface area contributed by atoms with Gasteiger partial charge in [-0.25, -0.2) is 4.98 Å². The van der Waals surface area contributed by atoms with Gasteiger partial charge in [-0.15, -0.1) is 0 Å². The number of nitro groups is 1. The predicted molar refractivity (Wildman–Crippen MR) is 82.5 cm³/mol. The van der Waals surface area contributed by atoms with E-state index in [1.807, 2.05) is 26.1 Å². The van der Waals surface area contributed by atoms with Gasteiger partial charge in [0.1, 0.15) is 11.5 Å². The summed E-state index contributed by atoms with van der Waals surface area (Å²) in [6.45, 7) is 5.47. The Morgan fingerprint density at radius 2 is 2.14 bits per heavy atom. The zero-order valence-corrected chi connectivity index (χ0v) is 12.4. The van der Waals surface area contributed by atoms with Crippen LogP contribution in [0.1, 0.15) is 24.2 Å². The standard InChI is InChI=1S/C15H20N4O2/c1-12-5-6-14(15(11-12)19(20)21)17-7-3-4-9-18-10-8-16-13(18)2/h5-6,8,10-11,17H,3-4,7,9H2,1-2H3. The molecule has 1 N–H and O–H groups in total. The smallest absolute Gasteiger partial charge is 0.292 e. The van der Waals surface area contributed by atoms with E-state index in [0.717, 1.165) is 37.3 Å². The van der Waals surface area contributed by atoms with Crippen molar-refractivity contribution in [2.24, 2.45) is 0 Å². The van der Waals surface area contributed by atoms with Crippen LogP contribution in [-0.2, 0) is 6.54 Å². The molecule has 0 fully saturated rings. The Bertz CT molecular complexity index is 622. The van der Waals surface area contributed by atoms with Crippen LogP contribution in [0.25, 0.3) is 0 Å². The van der Waals surface area contributed by atoms with Crippen molar-refractivity contribution in [2.45, 2.75) is 33.2 Å². The number of nitro benzene ring substituents is 1. The fourth-order valence-corrected chi connectivity index (χ4v) is 2.21. The molecule has 1 aromatic heterocycles. The van der Waals surface area contributed by atoms with Gasteiger partial charge in [-0.05, 0) is 38.3 Å². The van der Waals surface area contributed by atoms with Gasteiger partial charge in [0.05, 0.1) is 4.92 Å². The summed E-state index contributed by atoms with van der Waals surface area (Å²) < 4.78 is 2.11. The molecule has 21 heavy (non-hydrogen) atoms. The number of aryl methyl sites for hydroxylation is 3. The second kappa shape index (κ2) is 6.88. The van der Waals surface area contributed by atoms with Crippen molar-refractivity contribution in [1.29, 1.82) is 0 Å². The van der Waals surface area contributed by atoms with E-state index in [9.17, 15) is 10.1 Å². The summed E-state index contributed by atoms with van der Waals surface area (Å²) in [4.78, 5) is 14.8. The van der Waals surface area contributed by atoms with E-state index >= 15 is 0 Å². The predicted octanol–water partition coefficient (Wildman–Crippen LogP) is 3.30. The van der Waals surface area contributed by atoms with Gasteiger partial charge in [0, 0.05) is 31.5 Å². The molecule has 6 nitrogen and oxygen atoms in total. The van der Waals surface area contributed by atoms with Gasteiger partial charge in [0.25, 0.3) is 5.69 Å². The minimum Gasteiger partial charge on any atom is -0.379 e. The molecule has 1 aromatic carbocycles. The van der Waals surface area contributed by atoms with Crippen molar-refractivity contribution in [3.05, 3.63) is 52.1 Å². The lowest BCUT2D eigenvalue weighted by molar-refractivity contribution is -0.384. The lowest BCUT2D eigenvalue weighted by Gasteiger charge is -2.08. The summed E-state index contributed by atoms with van der Waals surface area (Å²) in [5.74, 6) is 1.01. The maximum atomic E-state index is 11.0. The average Bonchev–Trinajstić information content (AvgIpc) is 2.85. The third-order valence-corrected chi connectivity index (χ3v) is 3.41. The van der Waals surface area contributed by atoms with Crippen molar-refractivity contribution >= 4 is 11.4 Å². The molecule has 0 saturated carbocycles. The van der Waals surface area contributed by atoms with Crippen LogP contribution < -0.4 is 5.32 Å². The Kier molecular flexibility index (Phi) is 4.92. The number of rotatable bonds is 7. The van der Waals surface area contributed by atoms with Gasteiger partial charge in [0.2, 0.25) is 0 Å². The molecule has 6 heteroatoms. The summed E-state index contributed by atoms with van der Waals surface area (Å²) in [6.07, 6.45) is 5.71. The number of benzene rings is 1. The zero-order chi connectivity index (χ0) is 15.2. The molecular weight excluding hydrogens is 268 g/mol. The molecule has 0 bridgehead atoms. The minimum absolute atomic E-state index is 0.139. The molecule has 0 aliphatic rings. The molecule has 0 amide bonds. The molecule has 0 spiro atoms. The van der Waals surface area contributed by atoms with E-state index < -0.39 is 0 Å². The molecule has 0 saturated heterocycles. The number of imidazole rings is 1. The van der Waals surface area contributed by atoms with Gasteiger partial charge >= 0.3 is 0 Å². The van der Waals surface area contributed by atoms with Crippen LogP contribution in [0.4, 0.5) is 11.4 Å². The van der Waals surface area contributed by atoms with Gasteiger partial charge in [0.15, 0.2) is 0 Å². The van der Waals surface area contributed by atoms with E-state index in [1.165, 1.54) is 0 Å². The van der Waals surface area contributed by atoms with Crippen molar-refractivity contribution in [1.82, 2.24) is 9.55 Å². The first kappa shape index (κ1) is 15.0. The van der Waals surface area contributed by atoms with Gasteiger partial charge in [-0.1, -0.05) is 6.07 Å². The highest BCUT2D eigenvalue weighted by atomic mass is 16.6. The molecule has 0 unspecified atom stereocenters. The maximum absolute atomic E-state index is 11.0. The molecule has 1 heterocycles. The van der Waals surface area contributed by atoms with Crippen LogP contribution >= 0.6 is 0 Å². The number of nitrogens with one attached hydrogen (secondary N) is 1. The first-order valence-corrected chi connectivity index (χ1v) is 7.04. The Labute approximate surface area is 124 Å². The normalized spacial score (nSPS) is 10.6. The highest BCUT2D eigenvalue weighted by Crippen LogP contribution is 2.25. The highest BCUT2D eigenvalue weighted by Gasteiger charge is 2.12. The minimum atomic E-state index is -0.343. The van der Waals surface area contributed by atoms with E-state index in [-0.39, 0.29) is 10.6 Å². The number of hydrogen-bond acceptors (Lipinski definition) is 4. The van der Waals surface area contributed by atoms with Crippen LogP contribution in [0.3, 0.4) is 0 Å². The first-order valence-electron chi connectivity index (χ1n) is 7.04. The topological polar surface area (TPSA) is 73.0 Å². The van der Waals surface area contributed by atoms with E-state index in [2.05, 4.69) is 14.9 Å². The monoisotopic (exact) mass is 288 g/mol. The average molecular weight is 288 g/mol. The summed E-state index contributed by atoms with van der Waals surface area (Å²) >= 11 is 0. The molecular formula is C15H20N4O2. The Hall–Kier alpha value is -2.37. The van der Waals surface area contributed by atoms with E-state index in [4.69, 9.17) is 0 Å². The highest BCUT2D eigenvalue weighted by molar-refractivity contribution is 5.62. The van der Waals surface area contributed by atoms with E-state index in [1.54, 1.807) is 18.3 Å². The number of aromatic nitrogens is 2. The number of hydrogen-bond donors (Lipinski definition) is 1. The molecule has 0 aliphatic heterocycles. The third-order valence-electron chi connectivity index (χ3n) is 3.41. The van der Waals surface area contributed by atoms with Crippen molar-refractivity contribution in [3.8, 4) is 0 Å². The molecule has 112 valence electrons. The van der Waals surface area contributed by atoms with Crippen LogP contribution in [0, 0.1) is 24.0 Å². The van der Waals surface area contributed by atoms with Crippen LogP contribution in [-0.4, -0.2) is 21.0 Å². The number of nitrogens with zero attached hydrogens (tertiary/aromatic N) is 3. The van der Waals surface area contributed by atoms with Gasteiger partial charge < -0.3 is 9.88 Å². The SMILES string of the molecule is Cc1ccc(NCCCCn2ccnc2C)c([N+](=O)[O-])c1. The molecule has 2 rings (SSSR count). The zero-order valence-electron chi connectivity index (χ0n) is 12.4.